The van der Waals surface area contributed by atoms with Gasteiger partial charge in [0.15, 0.2) is 0 Å². The highest BCUT2D eigenvalue weighted by Gasteiger charge is 2.55. The summed E-state index contributed by atoms with van der Waals surface area (Å²) in [5, 5.41) is 4.25. The van der Waals surface area contributed by atoms with E-state index in [0.29, 0.717) is 11.8 Å². The maximum absolute atomic E-state index is 13.1. The zero-order valence-electron chi connectivity index (χ0n) is 38.3. The Morgan fingerprint density at radius 2 is 1.12 bits per heavy atom. The first-order chi connectivity index (χ1) is 27.1. The maximum atomic E-state index is 13.1. The molecule has 0 saturated heterocycles. The Labute approximate surface area is 346 Å². The molecule has 3 aliphatic rings. The first-order valence-corrected chi connectivity index (χ1v) is 21.8. The van der Waals surface area contributed by atoms with Crippen LogP contribution in [0.1, 0.15) is 170 Å². The van der Waals surface area contributed by atoms with E-state index in [9.17, 15) is 9.59 Å². The zero-order chi connectivity index (χ0) is 42.9. The van der Waals surface area contributed by atoms with Gasteiger partial charge in [-0.2, -0.15) is 9.97 Å². The van der Waals surface area contributed by atoms with Gasteiger partial charge in [-0.25, -0.2) is 0 Å². The molecule has 0 aliphatic heterocycles. The van der Waals surface area contributed by atoms with Gasteiger partial charge in [0.2, 0.25) is 0 Å². The van der Waals surface area contributed by atoms with Gasteiger partial charge in [0.25, 0.3) is 11.1 Å². The minimum absolute atomic E-state index is 0.0180. The highest BCUT2D eigenvalue weighted by atomic mass is 16.1. The van der Waals surface area contributed by atoms with Crippen molar-refractivity contribution < 1.29 is 0 Å². The van der Waals surface area contributed by atoms with Crippen molar-refractivity contribution in [2.24, 2.45) is 16.7 Å². The molecule has 6 aromatic heterocycles. The van der Waals surface area contributed by atoms with Crippen molar-refractivity contribution in [2.45, 2.75) is 165 Å². The Bertz CT molecular complexity index is 2650. The van der Waals surface area contributed by atoms with E-state index >= 15 is 0 Å². The van der Waals surface area contributed by atoms with Crippen LogP contribution in [0.5, 0.6) is 0 Å². The molecule has 0 amide bonds. The van der Waals surface area contributed by atoms with Gasteiger partial charge in [0.1, 0.15) is 11.3 Å². The summed E-state index contributed by atoms with van der Waals surface area (Å²) >= 11 is 0. The Kier molecular flexibility index (Phi) is 11.1. The molecule has 0 radical (unpaired) electrons. The van der Waals surface area contributed by atoms with E-state index in [2.05, 4.69) is 136 Å². The molecule has 0 N–H and O–H groups in total. The molecule has 1 fully saturated rings. The van der Waals surface area contributed by atoms with Crippen LogP contribution in [0.15, 0.2) is 58.6 Å². The molecule has 0 spiro atoms. The third-order valence-corrected chi connectivity index (χ3v) is 12.8. The summed E-state index contributed by atoms with van der Waals surface area (Å²) in [4.78, 5) is 44.5. The molecule has 58 heavy (non-hydrogen) atoms. The second-order valence-electron chi connectivity index (χ2n) is 20.5. The first-order valence-electron chi connectivity index (χ1n) is 21.8. The van der Waals surface area contributed by atoms with Crippen molar-refractivity contribution in [2.75, 3.05) is 0 Å². The van der Waals surface area contributed by atoms with Crippen LogP contribution in [0.3, 0.4) is 0 Å². The molecule has 0 aromatic carbocycles. The third kappa shape index (κ3) is 7.17. The lowest BCUT2D eigenvalue weighted by Gasteiger charge is -2.26. The fraction of sp³-hybridized carbons (Fsp3) is 0.560. The monoisotopic (exact) mass is 785 g/mol. The van der Waals surface area contributed by atoms with Gasteiger partial charge in [0, 0.05) is 97.0 Å². The summed E-state index contributed by atoms with van der Waals surface area (Å²) in [6, 6.07) is 8.31. The van der Waals surface area contributed by atoms with E-state index in [1.807, 2.05) is 52.2 Å². The smallest absolute Gasteiger partial charge is 0.277 e. The molecule has 8 nitrogen and oxygen atoms in total. The van der Waals surface area contributed by atoms with Crippen LogP contribution in [-0.2, 0) is 29.1 Å². The van der Waals surface area contributed by atoms with E-state index in [4.69, 9.17) is 0 Å². The summed E-state index contributed by atoms with van der Waals surface area (Å²) in [6.45, 7) is 34.7. The lowest BCUT2D eigenvalue weighted by atomic mass is 9.79. The lowest BCUT2D eigenvalue weighted by molar-refractivity contribution is 0.383. The van der Waals surface area contributed by atoms with E-state index < -0.39 is 0 Å². The molecule has 3 aliphatic carbocycles. The predicted molar refractivity (Wildman–Crippen MR) is 242 cm³/mol. The topological polar surface area (TPSA) is 94.5 Å². The van der Waals surface area contributed by atoms with Crippen LogP contribution in [-0.4, -0.2) is 28.7 Å². The fourth-order valence-electron chi connectivity index (χ4n) is 10.7. The molecule has 310 valence electrons. The summed E-state index contributed by atoms with van der Waals surface area (Å²) in [5.41, 5.74) is 7.79. The van der Waals surface area contributed by atoms with Gasteiger partial charge in [-0.15, -0.1) is 0 Å². The van der Waals surface area contributed by atoms with Crippen molar-refractivity contribution >= 4 is 32.8 Å². The van der Waals surface area contributed by atoms with E-state index in [1.54, 1.807) is 0 Å². The quantitative estimate of drug-likeness (QED) is 0.162. The van der Waals surface area contributed by atoms with E-state index in [0.717, 1.165) is 86.7 Å². The Balaban J connectivity index is 0.000000180. The lowest BCUT2D eigenvalue weighted by Crippen LogP contribution is -2.31. The summed E-state index contributed by atoms with van der Waals surface area (Å²) in [6.07, 6.45) is 12.9. The number of hydrogen-bond acceptors (Lipinski definition) is 6. The first kappa shape index (κ1) is 43.1. The van der Waals surface area contributed by atoms with Gasteiger partial charge in [0.05, 0.1) is 0 Å². The Morgan fingerprint density at radius 1 is 0.655 bits per heavy atom. The number of aromatic nitrogens is 6. The van der Waals surface area contributed by atoms with Crippen molar-refractivity contribution in [3.05, 3.63) is 104 Å². The normalized spacial score (nSPS) is 21.2. The van der Waals surface area contributed by atoms with Gasteiger partial charge in [-0.1, -0.05) is 111 Å². The maximum Gasteiger partial charge on any atom is 0.277 e. The number of fused-ring (bicyclic) bond motifs is 14. The Morgan fingerprint density at radius 3 is 1.62 bits per heavy atom. The van der Waals surface area contributed by atoms with Crippen molar-refractivity contribution in [3.8, 4) is 0 Å². The SMILES string of the molecule is CC.CC.CC(C)(C)Cc1nccc2c1ccn1c3c(c(=O)nc21)C(C)(C)CC3(C)C.CC1C2CCC1(C)c1c2n2ccc3c(CC(C)(C)C)nccc3c2nc1=O. The Hall–Kier alpha value is -4.46. The minimum Gasteiger partial charge on any atom is -0.304 e. The molecule has 2 bridgehead atoms. The largest absolute Gasteiger partial charge is 0.304 e. The van der Waals surface area contributed by atoms with E-state index in [1.165, 1.54) is 12.1 Å². The van der Waals surface area contributed by atoms with Crippen LogP contribution >= 0.6 is 0 Å². The van der Waals surface area contributed by atoms with Gasteiger partial charge >= 0.3 is 0 Å². The molecule has 6 heterocycles. The fourth-order valence-corrected chi connectivity index (χ4v) is 10.7. The second-order valence-corrected chi connectivity index (χ2v) is 20.5. The number of hydrogen-bond donors (Lipinski definition) is 0. The number of nitrogens with zero attached hydrogens (tertiary/aromatic N) is 6. The van der Waals surface area contributed by atoms with Crippen LogP contribution in [0.2, 0.25) is 0 Å². The summed E-state index contributed by atoms with van der Waals surface area (Å²) in [5.74, 6) is 0.964. The third-order valence-electron chi connectivity index (χ3n) is 12.8. The van der Waals surface area contributed by atoms with Crippen molar-refractivity contribution in [3.63, 3.8) is 0 Å². The number of pyridine rings is 4. The number of rotatable bonds is 2. The standard InChI is InChI=1S/C23H27N3O.C23H29N3O.2C2H6/c1-13-14-6-9-23(13,5)18-19(14)26-11-8-15-16(20(26)25-21(18)27)7-10-24-17(15)12-22(2,3)4;1-21(2,3)12-16-14-9-11-26-18-17(22(4,5)13-23(18,6)7)20(27)25-19(26)15(14)8-10-24-16;2*1-2/h7-8,10-11,13-14H,6,9,12H2,1-5H3;8-11H,12-13H2,1-7H3;2*1-2H3. The average molecular weight is 785 g/mol. The van der Waals surface area contributed by atoms with Crippen LogP contribution in [0, 0.1) is 16.7 Å². The van der Waals surface area contributed by atoms with Crippen LogP contribution in [0.25, 0.3) is 32.8 Å². The molecule has 1 saturated carbocycles. The predicted octanol–water partition coefficient (Wildman–Crippen LogP) is 11.5. The van der Waals surface area contributed by atoms with Crippen LogP contribution in [0.4, 0.5) is 0 Å². The highest BCUT2D eigenvalue weighted by molar-refractivity contribution is 5.96. The molecular formula is C50H68N6O2. The molecule has 9 rings (SSSR count). The highest BCUT2D eigenvalue weighted by Crippen LogP contribution is 2.59. The molecular weight excluding hydrogens is 717 g/mol. The van der Waals surface area contributed by atoms with Crippen molar-refractivity contribution in [1.82, 2.24) is 28.7 Å². The van der Waals surface area contributed by atoms with Crippen molar-refractivity contribution in [1.29, 1.82) is 0 Å². The van der Waals surface area contributed by atoms with Gasteiger partial charge < -0.3 is 8.80 Å². The zero-order valence-corrected chi connectivity index (χ0v) is 38.3. The molecule has 3 atom stereocenters. The second kappa shape index (κ2) is 15.0. The van der Waals surface area contributed by atoms with Gasteiger partial charge in [-0.3, -0.25) is 19.6 Å². The summed E-state index contributed by atoms with van der Waals surface area (Å²) < 4.78 is 4.35. The van der Waals surface area contributed by atoms with Gasteiger partial charge in [-0.05, 0) is 78.5 Å². The molecule has 8 heteroatoms. The van der Waals surface area contributed by atoms with E-state index in [-0.39, 0.29) is 38.2 Å². The average Bonchev–Trinajstić information content (AvgIpc) is 3.64. The van der Waals surface area contributed by atoms with Crippen LogP contribution < -0.4 is 11.1 Å². The molecule has 3 unspecified atom stereocenters. The summed E-state index contributed by atoms with van der Waals surface area (Å²) in [7, 11) is 0. The molecule has 6 aromatic rings. The minimum atomic E-state index is -0.158.